The molecular weight excluding hydrogens is 172 g/mol. The van der Waals surface area contributed by atoms with Gasteiger partial charge in [0, 0.05) is 32.2 Å². The summed E-state index contributed by atoms with van der Waals surface area (Å²) in [6.07, 6.45) is 1.30. The largest absolute Gasteiger partial charge is 0.314 e. The molecule has 2 unspecified atom stereocenters. The third kappa shape index (κ3) is 3.25. The van der Waals surface area contributed by atoms with Crippen LogP contribution in [0.5, 0.6) is 0 Å². The Kier molecular flexibility index (Phi) is 4.90. The third-order valence-corrected chi connectivity index (χ3v) is 3.41. The van der Waals surface area contributed by atoms with Crippen molar-refractivity contribution in [2.75, 3.05) is 26.2 Å². The van der Waals surface area contributed by atoms with Crippen LogP contribution in [-0.2, 0) is 0 Å². The molecule has 0 aromatic carbocycles. The Hall–Kier alpha value is -0.0800. The van der Waals surface area contributed by atoms with E-state index in [1.807, 2.05) is 0 Å². The first-order valence-corrected chi connectivity index (χ1v) is 6.09. The minimum Gasteiger partial charge on any atom is -0.314 e. The lowest BCUT2D eigenvalue weighted by molar-refractivity contribution is 0.107. The van der Waals surface area contributed by atoms with Crippen molar-refractivity contribution >= 4 is 0 Å². The summed E-state index contributed by atoms with van der Waals surface area (Å²) in [4.78, 5) is 2.68. The maximum atomic E-state index is 3.50. The standard InChI is InChI=1S/C12H26N2/c1-5-11(4)9-14-7-6-13-8-12(14)10(2)3/h10-13H,5-9H2,1-4H3. The zero-order valence-electron chi connectivity index (χ0n) is 10.2. The van der Waals surface area contributed by atoms with Crippen molar-refractivity contribution in [1.29, 1.82) is 0 Å². The molecule has 2 heteroatoms. The van der Waals surface area contributed by atoms with Gasteiger partial charge in [-0.25, -0.2) is 0 Å². The summed E-state index contributed by atoms with van der Waals surface area (Å²) in [5, 5.41) is 3.50. The molecule has 1 fully saturated rings. The van der Waals surface area contributed by atoms with E-state index in [4.69, 9.17) is 0 Å². The predicted octanol–water partition coefficient (Wildman–Crippen LogP) is 1.96. The average molecular weight is 198 g/mol. The molecule has 2 nitrogen and oxygen atoms in total. The summed E-state index contributed by atoms with van der Waals surface area (Å²) >= 11 is 0. The summed E-state index contributed by atoms with van der Waals surface area (Å²) in [6.45, 7) is 14.2. The highest BCUT2D eigenvalue weighted by Gasteiger charge is 2.25. The summed E-state index contributed by atoms with van der Waals surface area (Å²) in [7, 11) is 0. The van der Waals surface area contributed by atoms with Gasteiger partial charge in [-0.2, -0.15) is 0 Å². The highest BCUT2D eigenvalue weighted by Crippen LogP contribution is 2.15. The molecule has 14 heavy (non-hydrogen) atoms. The monoisotopic (exact) mass is 198 g/mol. The Bertz CT molecular complexity index is 156. The Balaban J connectivity index is 2.45. The average Bonchev–Trinajstić information content (AvgIpc) is 2.18. The first-order chi connectivity index (χ1) is 6.65. The van der Waals surface area contributed by atoms with Gasteiger partial charge in [-0.15, -0.1) is 0 Å². The molecule has 1 saturated heterocycles. The molecule has 0 spiro atoms. The molecule has 84 valence electrons. The van der Waals surface area contributed by atoms with Crippen LogP contribution in [0.3, 0.4) is 0 Å². The number of nitrogens with zero attached hydrogens (tertiary/aromatic N) is 1. The fourth-order valence-corrected chi connectivity index (χ4v) is 2.18. The normalized spacial score (nSPS) is 26.8. The van der Waals surface area contributed by atoms with E-state index in [1.54, 1.807) is 0 Å². The molecule has 0 amide bonds. The van der Waals surface area contributed by atoms with Gasteiger partial charge in [0.25, 0.3) is 0 Å². The van der Waals surface area contributed by atoms with Gasteiger partial charge in [-0.3, -0.25) is 4.90 Å². The van der Waals surface area contributed by atoms with Crippen molar-refractivity contribution in [3.63, 3.8) is 0 Å². The first kappa shape index (κ1) is 12.0. The fraction of sp³-hybridized carbons (Fsp3) is 1.00. The summed E-state index contributed by atoms with van der Waals surface area (Å²) in [6, 6.07) is 0.748. The van der Waals surface area contributed by atoms with Crippen LogP contribution in [0.4, 0.5) is 0 Å². The molecule has 1 aliphatic rings. The fourth-order valence-electron chi connectivity index (χ4n) is 2.18. The van der Waals surface area contributed by atoms with Crippen molar-refractivity contribution in [3.05, 3.63) is 0 Å². The van der Waals surface area contributed by atoms with Crippen LogP contribution in [0.1, 0.15) is 34.1 Å². The molecule has 2 atom stereocenters. The number of hydrogen-bond acceptors (Lipinski definition) is 2. The second kappa shape index (κ2) is 5.72. The van der Waals surface area contributed by atoms with Gasteiger partial charge in [0.2, 0.25) is 0 Å². The van der Waals surface area contributed by atoms with E-state index in [0.29, 0.717) is 0 Å². The minimum atomic E-state index is 0.748. The van der Waals surface area contributed by atoms with Crippen LogP contribution in [0.2, 0.25) is 0 Å². The molecule has 1 N–H and O–H groups in total. The highest BCUT2D eigenvalue weighted by atomic mass is 15.2. The van der Waals surface area contributed by atoms with Crippen LogP contribution >= 0.6 is 0 Å². The zero-order chi connectivity index (χ0) is 10.6. The second-order valence-corrected chi connectivity index (χ2v) is 5.02. The molecule has 1 aliphatic heterocycles. The lowest BCUT2D eigenvalue weighted by Gasteiger charge is -2.39. The molecule has 1 rings (SSSR count). The van der Waals surface area contributed by atoms with Crippen molar-refractivity contribution < 1.29 is 0 Å². The minimum absolute atomic E-state index is 0.748. The lowest BCUT2D eigenvalue weighted by Crippen LogP contribution is -2.54. The zero-order valence-corrected chi connectivity index (χ0v) is 10.2. The van der Waals surface area contributed by atoms with E-state index < -0.39 is 0 Å². The van der Waals surface area contributed by atoms with E-state index >= 15 is 0 Å². The molecule has 0 aliphatic carbocycles. The van der Waals surface area contributed by atoms with Gasteiger partial charge >= 0.3 is 0 Å². The van der Waals surface area contributed by atoms with Crippen molar-refractivity contribution in [2.24, 2.45) is 11.8 Å². The molecule has 0 radical (unpaired) electrons. The van der Waals surface area contributed by atoms with E-state index in [2.05, 4.69) is 37.9 Å². The van der Waals surface area contributed by atoms with Gasteiger partial charge < -0.3 is 5.32 Å². The van der Waals surface area contributed by atoms with Gasteiger partial charge in [0.05, 0.1) is 0 Å². The van der Waals surface area contributed by atoms with Crippen molar-refractivity contribution in [3.8, 4) is 0 Å². The van der Waals surface area contributed by atoms with Crippen LogP contribution in [-0.4, -0.2) is 37.1 Å². The van der Waals surface area contributed by atoms with Crippen LogP contribution < -0.4 is 5.32 Å². The Morgan fingerprint density at radius 3 is 2.64 bits per heavy atom. The smallest absolute Gasteiger partial charge is 0.0244 e. The Labute approximate surface area is 89.1 Å². The van der Waals surface area contributed by atoms with Gasteiger partial charge in [-0.05, 0) is 11.8 Å². The van der Waals surface area contributed by atoms with Gasteiger partial charge in [0.15, 0.2) is 0 Å². The van der Waals surface area contributed by atoms with Gasteiger partial charge in [0.1, 0.15) is 0 Å². The number of hydrogen-bond donors (Lipinski definition) is 1. The second-order valence-electron chi connectivity index (χ2n) is 5.02. The summed E-state index contributed by atoms with van der Waals surface area (Å²) in [5.41, 5.74) is 0. The molecule has 0 saturated carbocycles. The SMILES string of the molecule is CCC(C)CN1CCNCC1C(C)C. The van der Waals surface area contributed by atoms with Crippen LogP contribution in [0.25, 0.3) is 0 Å². The molecule has 0 aromatic rings. The van der Waals surface area contributed by atoms with Crippen LogP contribution in [0, 0.1) is 11.8 Å². The van der Waals surface area contributed by atoms with Gasteiger partial charge in [-0.1, -0.05) is 34.1 Å². The maximum Gasteiger partial charge on any atom is 0.0244 e. The summed E-state index contributed by atoms with van der Waals surface area (Å²) in [5.74, 6) is 1.61. The maximum absolute atomic E-state index is 3.50. The topological polar surface area (TPSA) is 15.3 Å². The molecule has 0 aromatic heterocycles. The van der Waals surface area contributed by atoms with E-state index in [1.165, 1.54) is 32.6 Å². The lowest BCUT2D eigenvalue weighted by atomic mass is 9.98. The highest BCUT2D eigenvalue weighted by molar-refractivity contribution is 4.82. The third-order valence-electron chi connectivity index (χ3n) is 3.41. The van der Waals surface area contributed by atoms with E-state index in [9.17, 15) is 0 Å². The summed E-state index contributed by atoms with van der Waals surface area (Å²) < 4.78 is 0. The molecule has 0 bridgehead atoms. The van der Waals surface area contributed by atoms with Crippen molar-refractivity contribution in [1.82, 2.24) is 10.2 Å². The van der Waals surface area contributed by atoms with Crippen LogP contribution in [0.15, 0.2) is 0 Å². The first-order valence-electron chi connectivity index (χ1n) is 6.09. The Morgan fingerprint density at radius 2 is 2.07 bits per heavy atom. The molecule has 1 heterocycles. The number of nitrogens with one attached hydrogen (secondary N) is 1. The Morgan fingerprint density at radius 1 is 1.36 bits per heavy atom. The number of rotatable bonds is 4. The quantitative estimate of drug-likeness (QED) is 0.743. The van der Waals surface area contributed by atoms with E-state index in [-0.39, 0.29) is 0 Å². The predicted molar refractivity (Wildman–Crippen MR) is 62.5 cm³/mol. The molecular formula is C12H26N2. The number of piperazine rings is 1. The van der Waals surface area contributed by atoms with E-state index in [0.717, 1.165) is 17.9 Å². The van der Waals surface area contributed by atoms with Crippen molar-refractivity contribution in [2.45, 2.75) is 40.2 Å².